The van der Waals surface area contributed by atoms with Crippen molar-refractivity contribution in [2.75, 3.05) is 6.54 Å². The summed E-state index contributed by atoms with van der Waals surface area (Å²) < 4.78 is 12.4. The number of aryl methyl sites for hydroxylation is 1. The zero-order chi connectivity index (χ0) is 21.2. The highest BCUT2D eigenvalue weighted by molar-refractivity contribution is 5.77. The Morgan fingerprint density at radius 3 is 2.32 bits per heavy atom. The number of nitriles is 1. The van der Waals surface area contributed by atoms with Gasteiger partial charge in [-0.1, -0.05) is 19.9 Å². The molecule has 0 saturated heterocycles. The maximum atomic E-state index is 11.3. The highest BCUT2D eigenvalue weighted by Crippen LogP contribution is 2.32. The van der Waals surface area contributed by atoms with Crippen LogP contribution in [0.2, 0.25) is 0 Å². The van der Waals surface area contributed by atoms with Crippen molar-refractivity contribution in [3.05, 3.63) is 23.8 Å². The van der Waals surface area contributed by atoms with Gasteiger partial charge in [0.2, 0.25) is 5.91 Å². The Hall–Kier alpha value is -2.22. The van der Waals surface area contributed by atoms with Crippen molar-refractivity contribution in [3.63, 3.8) is 0 Å². The van der Waals surface area contributed by atoms with Gasteiger partial charge in [-0.15, -0.1) is 0 Å². The molecule has 5 heteroatoms. The molecule has 0 atom stereocenters. The Labute approximate surface area is 170 Å². The second-order valence-electron chi connectivity index (χ2n) is 8.34. The third kappa shape index (κ3) is 8.65. The third-order valence-corrected chi connectivity index (χ3v) is 4.96. The number of ether oxygens (including phenoxy) is 2. The third-order valence-electron chi connectivity index (χ3n) is 4.96. The number of unbranched alkanes of at least 4 members (excludes halogenated alkanes) is 1. The van der Waals surface area contributed by atoms with Crippen molar-refractivity contribution in [3.8, 4) is 17.6 Å². The van der Waals surface area contributed by atoms with Crippen molar-refractivity contribution in [2.45, 2.75) is 91.3 Å². The Morgan fingerprint density at radius 1 is 1.07 bits per heavy atom. The monoisotopic (exact) mass is 388 g/mol. The molecule has 0 heterocycles. The summed E-state index contributed by atoms with van der Waals surface area (Å²) in [5.74, 6) is 1.47. The average molecular weight is 389 g/mol. The zero-order valence-electron chi connectivity index (χ0n) is 18.4. The molecule has 1 aromatic carbocycles. The Kier molecular flexibility index (Phi) is 9.31. The first-order valence-corrected chi connectivity index (χ1v) is 10.3. The number of nitrogens with one attached hydrogen (secondary N) is 1. The molecule has 1 amide bonds. The number of hydrogen-bond acceptors (Lipinski definition) is 4. The van der Waals surface area contributed by atoms with E-state index in [1.807, 2.05) is 18.2 Å². The first-order valence-electron chi connectivity index (χ1n) is 10.3. The molecule has 0 unspecified atom stereocenters. The van der Waals surface area contributed by atoms with E-state index < -0.39 is 0 Å². The maximum Gasteiger partial charge on any atom is 0.234 e. The van der Waals surface area contributed by atoms with Crippen LogP contribution in [0.4, 0.5) is 0 Å². The largest absolute Gasteiger partial charge is 0.488 e. The normalized spacial score (nSPS) is 11.6. The van der Waals surface area contributed by atoms with Gasteiger partial charge in [0, 0.05) is 12.6 Å². The lowest BCUT2D eigenvalue weighted by molar-refractivity contribution is -0.120. The van der Waals surface area contributed by atoms with Crippen LogP contribution in [0.25, 0.3) is 0 Å². The Morgan fingerprint density at radius 2 is 1.71 bits per heavy atom. The van der Waals surface area contributed by atoms with E-state index in [0.717, 1.165) is 49.2 Å². The Bertz CT molecular complexity index is 675. The molecule has 0 saturated carbocycles. The molecule has 156 valence electrons. The molecule has 0 aliphatic heterocycles. The van der Waals surface area contributed by atoms with Crippen LogP contribution in [-0.2, 0) is 11.2 Å². The number of amides is 1. The summed E-state index contributed by atoms with van der Waals surface area (Å²) >= 11 is 0. The molecule has 0 fully saturated rings. The van der Waals surface area contributed by atoms with E-state index in [0.29, 0.717) is 6.54 Å². The van der Waals surface area contributed by atoms with Crippen LogP contribution in [0.15, 0.2) is 18.2 Å². The van der Waals surface area contributed by atoms with Gasteiger partial charge in [-0.05, 0) is 71.4 Å². The molecule has 0 radical (unpaired) electrons. The fraction of sp³-hybridized carbons (Fsp3) is 0.652. The fourth-order valence-corrected chi connectivity index (χ4v) is 2.46. The molecule has 1 aromatic rings. The van der Waals surface area contributed by atoms with E-state index in [4.69, 9.17) is 14.7 Å². The van der Waals surface area contributed by atoms with Gasteiger partial charge in [-0.3, -0.25) is 4.79 Å². The summed E-state index contributed by atoms with van der Waals surface area (Å²) in [6, 6.07) is 7.94. The van der Waals surface area contributed by atoms with Crippen molar-refractivity contribution in [1.82, 2.24) is 5.32 Å². The van der Waals surface area contributed by atoms with E-state index in [-0.39, 0.29) is 23.5 Å². The first-order chi connectivity index (χ1) is 13.1. The smallest absolute Gasteiger partial charge is 0.234 e. The standard InChI is InChI=1S/C23H36N2O3/c1-7-22(3,4)27-19-13-12-18(20(17-19)28-23(5,6)8-2)11-9-10-16-25-21(26)14-15-24/h12-13,17H,7-11,14,16H2,1-6H3,(H,25,26). The van der Waals surface area contributed by atoms with Crippen molar-refractivity contribution in [1.29, 1.82) is 5.26 Å². The lowest BCUT2D eigenvalue weighted by atomic mass is 10.0. The van der Waals surface area contributed by atoms with E-state index in [1.165, 1.54) is 0 Å². The van der Waals surface area contributed by atoms with Gasteiger partial charge in [0.15, 0.2) is 0 Å². The molecule has 1 N–H and O–H groups in total. The van der Waals surface area contributed by atoms with Crippen LogP contribution in [0.5, 0.6) is 11.5 Å². The zero-order valence-corrected chi connectivity index (χ0v) is 18.4. The lowest BCUT2D eigenvalue weighted by Gasteiger charge is -2.29. The molecular formula is C23H36N2O3. The molecule has 28 heavy (non-hydrogen) atoms. The second kappa shape index (κ2) is 10.9. The van der Waals surface area contributed by atoms with Crippen LogP contribution in [0.3, 0.4) is 0 Å². The number of carbonyl (C=O) groups is 1. The minimum atomic E-state index is -0.251. The van der Waals surface area contributed by atoms with Gasteiger partial charge < -0.3 is 14.8 Å². The topological polar surface area (TPSA) is 71.3 Å². The number of nitrogens with zero attached hydrogens (tertiary/aromatic N) is 1. The van der Waals surface area contributed by atoms with Crippen molar-refractivity contribution >= 4 is 5.91 Å². The number of hydrogen-bond donors (Lipinski definition) is 1. The molecule has 0 aliphatic rings. The van der Waals surface area contributed by atoms with Crippen LogP contribution in [0.1, 0.15) is 79.2 Å². The van der Waals surface area contributed by atoms with Gasteiger partial charge in [-0.2, -0.15) is 5.26 Å². The van der Waals surface area contributed by atoms with Crippen LogP contribution < -0.4 is 14.8 Å². The first kappa shape index (κ1) is 23.8. The predicted molar refractivity (Wildman–Crippen MR) is 113 cm³/mol. The van der Waals surface area contributed by atoms with Crippen LogP contribution in [-0.4, -0.2) is 23.7 Å². The predicted octanol–water partition coefficient (Wildman–Crippen LogP) is 5.17. The number of carbonyl (C=O) groups excluding carboxylic acids is 1. The number of benzene rings is 1. The molecular weight excluding hydrogens is 352 g/mol. The van der Waals surface area contributed by atoms with Crippen molar-refractivity contribution < 1.29 is 14.3 Å². The fourth-order valence-electron chi connectivity index (χ4n) is 2.46. The van der Waals surface area contributed by atoms with E-state index in [2.05, 4.69) is 52.9 Å². The van der Waals surface area contributed by atoms with E-state index >= 15 is 0 Å². The van der Waals surface area contributed by atoms with Crippen molar-refractivity contribution in [2.24, 2.45) is 0 Å². The molecule has 0 aromatic heterocycles. The molecule has 5 nitrogen and oxygen atoms in total. The summed E-state index contributed by atoms with van der Waals surface area (Å²) in [5, 5.41) is 11.3. The van der Waals surface area contributed by atoms with E-state index in [1.54, 1.807) is 0 Å². The van der Waals surface area contributed by atoms with Gasteiger partial charge in [0.05, 0.1) is 6.07 Å². The second-order valence-corrected chi connectivity index (χ2v) is 8.34. The highest BCUT2D eigenvalue weighted by atomic mass is 16.5. The molecule has 0 bridgehead atoms. The van der Waals surface area contributed by atoms with Gasteiger partial charge in [0.25, 0.3) is 0 Å². The average Bonchev–Trinajstić information content (AvgIpc) is 2.62. The highest BCUT2D eigenvalue weighted by Gasteiger charge is 2.21. The minimum Gasteiger partial charge on any atom is -0.488 e. The molecule has 0 aliphatic carbocycles. The summed E-state index contributed by atoms with van der Waals surface area (Å²) in [5.41, 5.74) is 0.672. The minimum absolute atomic E-state index is 0.0837. The lowest BCUT2D eigenvalue weighted by Crippen LogP contribution is -2.28. The van der Waals surface area contributed by atoms with Crippen LogP contribution >= 0.6 is 0 Å². The quantitative estimate of drug-likeness (QED) is 0.501. The summed E-state index contributed by atoms with van der Waals surface area (Å²) in [6.45, 7) is 13.2. The van der Waals surface area contributed by atoms with Gasteiger partial charge in [-0.25, -0.2) is 0 Å². The van der Waals surface area contributed by atoms with Crippen LogP contribution in [0, 0.1) is 11.3 Å². The van der Waals surface area contributed by atoms with Gasteiger partial charge >= 0.3 is 0 Å². The summed E-state index contributed by atoms with van der Waals surface area (Å²) in [7, 11) is 0. The SMILES string of the molecule is CCC(C)(C)Oc1ccc(CCCCNC(=O)CC#N)c(OC(C)(C)CC)c1. The molecule has 0 spiro atoms. The van der Waals surface area contributed by atoms with Gasteiger partial charge in [0.1, 0.15) is 29.1 Å². The maximum absolute atomic E-state index is 11.3. The Balaban J connectivity index is 2.80. The van der Waals surface area contributed by atoms with E-state index in [9.17, 15) is 4.79 Å². The molecule has 1 rings (SSSR count). The summed E-state index contributed by atoms with van der Waals surface area (Å²) in [6.07, 6.45) is 4.39. The number of rotatable bonds is 12. The summed E-state index contributed by atoms with van der Waals surface area (Å²) in [4.78, 5) is 11.3.